The van der Waals surface area contributed by atoms with Gasteiger partial charge in [0.25, 0.3) is 0 Å². The van der Waals surface area contributed by atoms with Gasteiger partial charge in [0.1, 0.15) is 10.3 Å². The van der Waals surface area contributed by atoms with Gasteiger partial charge in [-0.05, 0) is 119 Å². The van der Waals surface area contributed by atoms with Crippen LogP contribution in [0.15, 0.2) is 110 Å². The Labute approximate surface area is 513 Å². The number of aryl methyl sites for hydroxylation is 8. The highest BCUT2D eigenvalue weighted by Gasteiger charge is 2.25. The third kappa shape index (κ3) is 12.7. The average Bonchev–Trinajstić information content (AvgIpc) is 1.92. The second kappa shape index (κ2) is 25.3. The summed E-state index contributed by atoms with van der Waals surface area (Å²) < 4.78 is 10.8. The van der Waals surface area contributed by atoms with Crippen molar-refractivity contribution in [2.45, 2.75) is 54.2 Å². The quantitative estimate of drug-likeness (QED) is 0.0533. The van der Waals surface area contributed by atoms with E-state index in [1.54, 1.807) is 60.1 Å². The van der Waals surface area contributed by atoms with Gasteiger partial charge >= 0.3 is 0 Å². The summed E-state index contributed by atoms with van der Waals surface area (Å²) in [5.74, 6) is 2.72. The standard InChI is InChI=1S/C22H24ClN7O.C19H17ClN6O.C10H11ClN2.C9H7ClN4O/c1-13-15(9-29-11-17(31)12-29)10-30(27-13)20-6-7-24-22(26-20)25-16-4-5-19-18(8-16)21(23)14(2)28(19)3;1-11-15-8-14(4-5-16(15)25(3)18(11)20)22-19-21-7-6-17(23-19)26-9-13(10-27)12(2)24-26;1-6-8-5-7(12)3-4-9(8)13(2)10(6)11;1-6-7(5-15)4-14(13-6)8-2-3-11-9(10)12-8/h4-8,10,17,31H,9,11-12H2,1-3H3,(H,24,25,26);4-10H,1-3H3,(H,21,22,23);3-5H,12H2,1-2H3;2-5H,1H3. The molecular weight excluding hydrogens is 1180 g/mol. The molecule has 12 aromatic rings. The zero-order valence-electron chi connectivity index (χ0n) is 48.3. The van der Waals surface area contributed by atoms with Gasteiger partial charge in [-0.25, -0.2) is 29.0 Å². The van der Waals surface area contributed by atoms with Crippen LogP contribution < -0.4 is 16.4 Å². The number of nitrogens with zero attached hydrogens (tertiary/aromatic N) is 16. The first-order chi connectivity index (χ1) is 41.2. The summed E-state index contributed by atoms with van der Waals surface area (Å²) in [5, 5.41) is 34.6. The third-order valence-corrected chi connectivity index (χ3v) is 16.5. The first kappa shape index (κ1) is 60.1. The SMILES string of the molecule is Cc1c(Cl)n(C)c2ccc(N)cc12.Cc1nn(-c2ccnc(Cl)n2)cc1C=O.Cc1nn(-c2ccnc(Nc3ccc4c(c3)c(C)c(Cl)n4C)n2)cc1C=O.Cc1nn(-c2ccnc(Nc3ccc4c(c3)c(Cl)c(C)n4C)n2)cc1CN1CC(O)C1. The molecule has 0 atom stereocenters. The molecule has 0 amide bonds. The number of aromatic nitrogens is 15. The molecule has 3 aromatic carbocycles. The van der Waals surface area contributed by atoms with Crippen LogP contribution in [-0.2, 0) is 27.7 Å². The van der Waals surface area contributed by atoms with Crippen molar-refractivity contribution in [2.75, 3.05) is 29.5 Å². The van der Waals surface area contributed by atoms with Gasteiger partial charge in [0, 0.05) is 157 Å². The van der Waals surface area contributed by atoms with Gasteiger partial charge in [0.2, 0.25) is 17.2 Å². The van der Waals surface area contributed by atoms with E-state index >= 15 is 0 Å². The average molecular weight is 1240 g/mol. The van der Waals surface area contributed by atoms with Crippen LogP contribution >= 0.6 is 46.4 Å². The summed E-state index contributed by atoms with van der Waals surface area (Å²) in [6.07, 6.45) is 11.4. The van der Waals surface area contributed by atoms with Crippen molar-refractivity contribution in [1.82, 2.24) is 77.8 Å². The van der Waals surface area contributed by atoms with E-state index in [-0.39, 0.29) is 11.4 Å². The molecule has 26 heteroatoms. The topological polar surface area (TPSA) is 253 Å². The van der Waals surface area contributed by atoms with Gasteiger partial charge in [0.05, 0.1) is 39.3 Å². The van der Waals surface area contributed by atoms with Crippen molar-refractivity contribution >= 4 is 121 Å². The van der Waals surface area contributed by atoms with Crippen LogP contribution in [0.3, 0.4) is 0 Å². The van der Waals surface area contributed by atoms with E-state index in [9.17, 15) is 14.7 Å². The van der Waals surface area contributed by atoms with Gasteiger partial charge in [-0.3, -0.25) is 14.5 Å². The van der Waals surface area contributed by atoms with Crippen molar-refractivity contribution in [2.24, 2.45) is 21.1 Å². The molecule has 0 spiro atoms. The molecule has 86 heavy (non-hydrogen) atoms. The molecule has 0 unspecified atom stereocenters. The largest absolute Gasteiger partial charge is 0.399 e. The van der Waals surface area contributed by atoms with Gasteiger partial charge in [-0.15, -0.1) is 0 Å². The Hall–Kier alpha value is -9.03. The molecule has 5 N–H and O–H groups in total. The van der Waals surface area contributed by atoms with E-state index in [1.165, 1.54) is 10.9 Å². The monoisotopic (exact) mass is 1230 g/mol. The molecule has 13 rings (SSSR count). The molecule has 0 aliphatic carbocycles. The highest BCUT2D eigenvalue weighted by molar-refractivity contribution is 6.36. The van der Waals surface area contributed by atoms with E-state index in [1.807, 2.05) is 125 Å². The van der Waals surface area contributed by atoms with E-state index in [0.717, 1.165) is 112 Å². The number of anilines is 5. The lowest BCUT2D eigenvalue weighted by molar-refractivity contribution is -0.00297. The number of halogens is 4. The lowest BCUT2D eigenvalue weighted by atomic mass is 10.1. The fraction of sp³-hybridized carbons (Fsp3) is 0.217. The highest BCUT2D eigenvalue weighted by atomic mass is 35.5. The third-order valence-electron chi connectivity index (χ3n) is 14.7. The first-order valence-electron chi connectivity index (χ1n) is 26.9. The number of hydrogen-bond acceptors (Lipinski definition) is 16. The molecule has 1 aliphatic heterocycles. The fourth-order valence-electron chi connectivity index (χ4n) is 9.77. The Morgan fingerprint density at radius 1 is 0.570 bits per heavy atom. The van der Waals surface area contributed by atoms with Crippen molar-refractivity contribution in [3.05, 3.63) is 181 Å². The van der Waals surface area contributed by atoms with E-state index in [4.69, 9.17) is 52.1 Å². The maximum atomic E-state index is 11.0. The van der Waals surface area contributed by atoms with Crippen LogP contribution in [0.5, 0.6) is 0 Å². The molecule has 0 bridgehead atoms. The molecule has 9 aromatic heterocycles. The molecule has 10 heterocycles. The second-order valence-corrected chi connectivity index (χ2v) is 22.0. The Morgan fingerprint density at radius 2 is 1.02 bits per heavy atom. The molecule has 1 aliphatic rings. The predicted molar refractivity (Wildman–Crippen MR) is 338 cm³/mol. The summed E-state index contributed by atoms with van der Waals surface area (Å²) in [6.45, 7) is 13.7. The van der Waals surface area contributed by atoms with Crippen molar-refractivity contribution < 1.29 is 14.7 Å². The van der Waals surface area contributed by atoms with Gasteiger partial charge in [-0.1, -0.05) is 34.8 Å². The van der Waals surface area contributed by atoms with Crippen molar-refractivity contribution in [1.29, 1.82) is 0 Å². The minimum atomic E-state index is -0.209. The Bertz CT molecular complexity index is 4510. The van der Waals surface area contributed by atoms with Crippen molar-refractivity contribution in [3.63, 3.8) is 0 Å². The zero-order chi connectivity index (χ0) is 61.2. The number of aliphatic hydroxyl groups excluding tert-OH is 1. The molecule has 0 saturated carbocycles. The molecule has 1 fully saturated rings. The van der Waals surface area contributed by atoms with Gasteiger partial charge in [-0.2, -0.15) is 30.2 Å². The van der Waals surface area contributed by atoms with Crippen LogP contribution in [0.2, 0.25) is 20.6 Å². The lowest BCUT2D eigenvalue weighted by Crippen LogP contribution is -2.49. The number of fused-ring (bicyclic) bond motifs is 3. The predicted octanol–water partition coefficient (Wildman–Crippen LogP) is 11.5. The number of nitrogens with one attached hydrogen (secondary N) is 2. The number of β-amino-alcohol motifs (C(OH)–C–C–N with tert-alkyl or cyclic N) is 1. The molecule has 0 radical (unpaired) electrons. The number of carbonyl (C=O) groups is 2. The number of nitrogen functional groups attached to an aromatic ring is 1. The smallest absolute Gasteiger partial charge is 0.229 e. The number of aliphatic hydroxyl groups is 1. The van der Waals surface area contributed by atoms with E-state index in [0.29, 0.717) is 65.0 Å². The molecule has 1 saturated heterocycles. The summed E-state index contributed by atoms with van der Waals surface area (Å²) in [7, 11) is 5.90. The Balaban J connectivity index is 0.000000135. The van der Waals surface area contributed by atoms with Crippen LogP contribution in [0.4, 0.5) is 29.0 Å². The number of nitrogens with two attached hydrogens (primary N) is 1. The summed E-state index contributed by atoms with van der Waals surface area (Å²) in [6, 6.07) is 23.1. The van der Waals surface area contributed by atoms with Crippen LogP contribution in [-0.4, -0.2) is 115 Å². The van der Waals surface area contributed by atoms with Crippen LogP contribution in [0.1, 0.15) is 60.2 Å². The molecule has 440 valence electrons. The van der Waals surface area contributed by atoms with E-state index < -0.39 is 0 Å². The normalized spacial score (nSPS) is 12.3. The lowest BCUT2D eigenvalue weighted by Gasteiger charge is -2.35. The van der Waals surface area contributed by atoms with Gasteiger partial charge in [0.15, 0.2) is 30.0 Å². The minimum Gasteiger partial charge on any atom is -0.399 e. The number of benzene rings is 3. The number of aldehydes is 2. The maximum absolute atomic E-state index is 11.0. The maximum Gasteiger partial charge on any atom is 0.229 e. The van der Waals surface area contributed by atoms with Crippen LogP contribution in [0.25, 0.3) is 50.2 Å². The fourth-order valence-corrected chi connectivity index (χ4v) is 10.6. The van der Waals surface area contributed by atoms with E-state index in [2.05, 4.69) is 65.3 Å². The minimum absolute atomic E-state index is 0.147. The Morgan fingerprint density at radius 3 is 1.52 bits per heavy atom. The number of hydrogen-bond donors (Lipinski definition) is 4. The highest BCUT2D eigenvalue weighted by Crippen LogP contribution is 2.34. The molecule has 22 nitrogen and oxygen atoms in total. The zero-order valence-corrected chi connectivity index (χ0v) is 51.3. The number of rotatable bonds is 11. The van der Waals surface area contributed by atoms with Gasteiger partial charge < -0.3 is 35.2 Å². The summed E-state index contributed by atoms with van der Waals surface area (Å²) in [5.41, 5.74) is 19.1. The first-order valence-corrected chi connectivity index (χ1v) is 28.4. The Kier molecular flexibility index (Phi) is 17.7. The number of likely N-dealkylation sites (tertiary alicyclic amines) is 1. The second-order valence-electron chi connectivity index (χ2n) is 20.6. The van der Waals surface area contributed by atoms with Crippen LogP contribution in [0, 0.1) is 41.5 Å². The van der Waals surface area contributed by atoms with Crippen molar-refractivity contribution in [3.8, 4) is 17.5 Å². The summed E-state index contributed by atoms with van der Waals surface area (Å²) in [4.78, 5) is 49.3. The molecular formula is C60H59Cl4N19O3. The summed E-state index contributed by atoms with van der Waals surface area (Å²) >= 11 is 24.6. The number of carbonyl (C=O) groups excluding carboxylic acids is 2.